The summed E-state index contributed by atoms with van der Waals surface area (Å²) < 4.78 is 4.76. The molecule has 1 unspecified atom stereocenters. The molecule has 0 saturated heterocycles. The van der Waals surface area contributed by atoms with Crippen LogP contribution < -0.4 is 5.32 Å². The number of para-hydroxylation sites is 1. The molecule has 21 heavy (non-hydrogen) atoms. The molecule has 0 saturated carbocycles. The molecule has 0 aliphatic carbocycles. The number of hydrogen-bond acceptors (Lipinski definition) is 5. The van der Waals surface area contributed by atoms with Crippen LogP contribution in [0.15, 0.2) is 30.3 Å². The van der Waals surface area contributed by atoms with Gasteiger partial charge in [-0.25, -0.2) is 0 Å². The zero-order valence-electron chi connectivity index (χ0n) is 11.7. The van der Waals surface area contributed by atoms with E-state index in [1.165, 1.54) is 25.3 Å². The number of hydrogen-bond donors (Lipinski definition) is 2. The first-order chi connectivity index (χ1) is 10.0. The Bertz CT molecular complexity index is 516. The van der Waals surface area contributed by atoms with Crippen LogP contribution in [0.3, 0.4) is 0 Å². The van der Waals surface area contributed by atoms with Crippen LogP contribution in [0.5, 0.6) is 0 Å². The number of rotatable bonds is 8. The number of carbonyl (C=O) groups is 1. The van der Waals surface area contributed by atoms with Gasteiger partial charge in [0.15, 0.2) is 0 Å². The Labute approximate surface area is 122 Å². The largest absolute Gasteiger partial charge is 0.391 e. The molecule has 0 heterocycles. The number of amides is 1. The van der Waals surface area contributed by atoms with E-state index in [1.807, 2.05) is 0 Å². The lowest BCUT2D eigenvalue weighted by Gasteiger charge is -2.08. The number of methoxy groups -OCH3 is 1. The lowest BCUT2D eigenvalue weighted by atomic mass is 10.1. The Morgan fingerprint density at radius 3 is 2.90 bits per heavy atom. The fourth-order valence-electron chi connectivity index (χ4n) is 1.66. The first kappa shape index (κ1) is 16.8. The number of aliphatic hydroxyl groups excluding tert-OH is 1. The third-order valence-electron chi connectivity index (χ3n) is 2.68. The SMILES string of the molecule is COCC(O)CCNC(=O)/C=C/c1ccccc1[N+](=O)[O-]. The molecule has 0 aromatic heterocycles. The summed E-state index contributed by atoms with van der Waals surface area (Å²) in [4.78, 5) is 21.9. The second-order valence-electron chi connectivity index (χ2n) is 4.34. The van der Waals surface area contributed by atoms with Crippen molar-refractivity contribution in [2.75, 3.05) is 20.3 Å². The van der Waals surface area contributed by atoms with Crippen LogP contribution in [0.1, 0.15) is 12.0 Å². The van der Waals surface area contributed by atoms with Gasteiger partial charge in [-0.1, -0.05) is 12.1 Å². The lowest BCUT2D eigenvalue weighted by Crippen LogP contribution is -2.27. The van der Waals surface area contributed by atoms with Gasteiger partial charge >= 0.3 is 0 Å². The van der Waals surface area contributed by atoms with Gasteiger partial charge in [-0.2, -0.15) is 0 Å². The fraction of sp³-hybridized carbons (Fsp3) is 0.357. The third kappa shape index (κ3) is 6.15. The minimum absolute atomic E-state index is 0.0583. The lowest BCUT2D eigenvalue weighted by molar-refractivity contribution is -0.385. The molecule has 0 aliphatic heterocycles. The molecule has 7 nitrogen and oxygen atoms in total. The Balaban J connectivity index is 2.49. The van der Waals surface area contributed by atoms with E-state index >= 15 is 0 Å². The number of nitrogens with zero attached hydrogens (tertiary/aromatic N) is 1. The van der Waals surface area contributed by atoms with Gasteiger partial charge < -0.3 is 15.2 Å². The molecule has 1 atom stereocenters. The van der Waals surface area contributed by atoms with Gasteiger partial charge in [0.2, 0.25) is 5.91 Å². The van der Waals surface area contributed by atoms with Crippen molar-refractivity contribution in [3.8, 4) is 0 Å². The summed E-state index contributed by atoms with van der Waals surface area (Å²) in [5.74, 6) is -0.377. The first-order valence-corrected chi connectivity index (χ1v) is 6.41. The van der Waals surface area contributed by atoms with E-state index in [0.717, 1.165) is 0 Å². The standard InChI is InChI=1S/C14H18N2O5/c1-21-10-12(17)8-9-15-14(18)7-6-11-4-2-3-5-13(11)16(19)20/h2-7,12,17H,8-10H2,1H3,(H,15,18)/b7-6+. The highest BCUT2D eigenvalue weighted by Gasteiger charge is 2.09. The predicted octanol–water partition coefficient (Wildman–Crippen LogP) is 1.12. The van der Waals surface area contributed by atoms with Gasteiger partial charge in [-0.05, 0) is 18.6 Å². The second-order valence-corrected chi connectivity index (χ2v) is 4.34. The smallest absolute Gasteiger partial charge is 0.276 e. The fourth-order valence-corrected chi connectivity index (χ4v) is 1.66. The maximum atomic E-state index is 11.6. The van der Waals surface area contributed by atoms with E-state index in [9.17, 15) is 20.0 Å². The van der Waals surface area contributed by atoms with Crippen LogP contribution in [0.25, 0.3) is 6.08 Å². The zero-order chi connectivity index (χ0) is 15.7. The second kappa shape index (κ2) is 8.83. The topological polar surface area (TPSA) is 102 Å². The number of aliphatic hydroxyl groups is 1. The van der Waals surface area contributed by atoms with Gasteiger partial charge in [0.25, 0.3) is 5.69 Å². The van der Waals surface area contributed by atoms with Crippen LogP contribution in [-0.2, 0) is 9.53 Å². The molecule has 0 bridgehead atoms. The average Bonchev–Trinajstić information content (AvgIpc) is 2.45. The van der Waals surface area contributed by atoms with Crippen molar-refractivity contribution in [2.45, 2.75) is 12.5 Å². The molecule has 1 aromatic carbocycles. The Kier molecular flexibility index (Phi) is 7.06. The molecule has 2 N–H and O–H groups in total. The summed E-state index contributed by atoms with van der Waals surface area (Å²) in [6.45, 7) is 0.506. The molecule has 7 heteroatoms. The summed E-state index contributed by atoms with van der Waals surface area (Å²) in [6, 6.07) is 6.15. The molecule has 1 aromatic rings. The highest BCUT2D eigenvalue weighted by Crippen LogP contribution is 2.18. The summed E-state index contributed by atoms with van der Waals surface area (Å²) >= 11 is 0. The molecule has 114 valence electrons. The molecule has 1 amide bonds. The van der Waals surface area contributed by atoms with Crippen molar-refractivity contribution < 1.29 is 19.6 Å². The van der Waals surface area contributed by atoms with Crippen LogP contribution in [0.4, 0.5) is 5.69 Å². The van der Waals surface area contributed by atoms with E-state index in [2.05, 4.69) is 5.32 Å². The van der Waals surface area contributed by atoms with Crippen LogP contribution in [0, 0.1) is 10.1 Å². The van der Waals surface area contributed by atoms with Gasteiger partial charge in [0.05, 0.1) is 23.2 Å². The minimum atomic E-state index is -0.630. The summed E-state index contributed by atoms with van der Waals surface area (Å²) in [5.41, 5.74) is 0.300. The maximum Gasteiger partial charge on any atom is 0.276 e. The summed E-state index contributed by atoms with van der Waals surface area (Å²) in [6.07, 6.45) is 2.36. The summed E-state index contributed by atoms with van der Waals surface area (Å²) in [5, 5.41) is 22.8. The number of carbonyl (C=O) groups excluding carboxylic acids is 1. The number of ether oxygens (including phenoxy) is 1. The van der Waals surface area contributed by atoms with Crippen molar-refractivity contribution in [1.29, 1.82) is 0 Å². The maximum absolute atomic E-state index is 11.6. The quantitative estimate of drug-likeness (QED) is 0.425. The number of nitro groups is 1. The van der Waals surface area contributed by atoms with Crippen molar-refractivity contribution in [3.05, 3.63) is 46.0 Å². The zero-order valence-corrected chi connectivity index (χ0v) is 11.7. The Morgan fingerprint density at radius 2 is 2.24 bits per heavy atom. The van der Waals surface area contributed by atoms with Crippen LogP contribution in [0.2, 0.25) is 0 Å². The predicted molar refractivity (Wildman–Crippen MR) is 77.6 cm³/mol. The molecule has 0 fully saturated rings. The van der Waals surface area contributed by atoms with Crippen LogP contribution >= 0.6 is 0 Å². The highest BCUT2D eigenvalue weighted by atomic mass is 16.6. The number of nitro benzene ring substituents is 1. The normalized spacial score (nSPS) is 12.3. The van der Waals surface area contributed by atoms with Gasteiger partial charge in [-0.15, -0.1) is 0 Å². The van der Waals surface area contributed by atoms with E-state index in [1.54, 1.807) is 18.2 Å². The Hall–Kier alpha value is -2.25. The number of benzene rings is 1. The molecule has 0 spiro atoms. The van der Waals surface area contributed by atoms with Crippen molar-refractivity contribution >= 4 is 17.7 Å². The van der Waals surface area contributed by atoms with E-state index in [4.69, 9.17) is 4.74 Å². The van der Waals surface area contributed by atoms with Crippen molar-refractivity contribution in [2.24, 2.45) is 0 Å². The van der Waals surface area contributed by atoms with Crippen LogP contribution in [-0.4, -0.2) is 42.3 Å². The molecule has 1 rings (SSSR count). The third-order valence-corrected chi connectivity index (χ3v) is 2.68. The molecular weight excluding hydrogens is 276 g/mol. The van der Waals surface area contributed by atoms with Gasteiger partial charge in [-0.3, -0.25) is 14.9 Å². The van der Waals surface area contributed by atoms with Crippen molar-refractivity contribution in [1.82, 2.24) is 5.32 Å². The number of nitrogens with one attached hydrogen (secondary N) is 1. The summed E-state index contributed by atoms with van der Waals surface area (Å²) in [7, 11) is 1.48. The molecular formula is C14H18N2O5. The van der Waals surface area contributed by atoms with E-state index in [0.29, 0.717) is 18.5 Å². The van der Waals surface area contributed by atoms with Crippen molar-refractivity contribution in [3.63, 3.8) is 0 Å². The van der Waals surface area contributed by atoms with E-state index < -0.39 is 11.0 Å². The molecule has 0 radical (unpaired) electrons. The monoisotopic (exact) mass is 294 g/mol. The Morgan fingerprint density at radius 1 is 1.52 bits per heavy atom. The van der Waals surface area contributed by atoms with Gasteiger partial charge in [0, 0.05) is 25.8 Å². The average molecular weight is 294 g/mol. The van der Waals surface area contributed by atoms with E-state index in [-0.39, 0.29) is 18.2 Å². The first-order valence-electron chi connectivity index (χ1n) is 6.41. The van der Waals surface area contributed by atoms with Gasteiger partial charge in [0.1, 0.15) is 0 Å². The minimum Gasteiger partial charge on any atom is -0.391 e. The molecule has 0 aliphatic rings. The highest BCUT2D eigenvalue weighted by molar-refractivity contribution is 5.92.